The van der Waals surface area contributed by atoms with Gasteiger partial charge in [-0.3, -0.25) is 4.72 Å². The zero-order valence-corrected chi connectivity index (χ0v) is 13.9. The van der Waals surface area contributed by atoms with Crippen LogP contribution >= 0.6 is 22.9 Å². The van der Waals surface area contributed by atoms with E-state index in [1.807, 2.05) is 12.1 Å². The van der Waals surface area contributed by atoms with Gasteiger partial charge in [-0.25, -0.2) is 13.4 Å². The second-order valence-electron chi connectivity index (χ2n) is 5.10. The van der Waals surface area contributed by atoms with Gasteiger partial charge in [-0.15, -0.1) is 0 Å². The Morgan fingerprint density at radius 2 is 2.05 bits per heavy atom. The summed E-state index contributed by atoms with van der Waals surface area (Å²) < 4.78 is 28.2. The Morgan fingerprint density at radius 3 is 2.76 bits per heavy atom. The molecule has 3 rings (SSSR count). The zero-order chi connectivity index (χ0) is 15.0. The molecule has 0 radical (unpaired) electrons. The summed E-state index contributed by atoms with van der Waals surface area (Å²) in [6.07, 6.45) is 4.18. The van der Waals surface area contributed by atoms with Crippen LogP contribution in [-0.4, -0.2) is 13.4 Å². The van der Waals surface area contributed by atoms with Gasteiger partial charge in [-0.2, -0.15) is 0 Å². The molecule has 1 aromatic carbocycles. The smallest absolute Gasteiger partial charge is 0.273 e. The minimum Gasteiger partial charge on any atom is -0.279 e. The predicted molar refractivity (Wildman–Crippen MR) is 85.8 cm³/mol. The van der Waals surface area contributed by atoms with Gasteiger partial charge in [-0.1, -0.05) is 35.1 Å². The summed E-state index contributed by atoms with van der Waals surface area (Å²) in [4.78, 5) is 3.97. The highest BCUT2D eigenvalue weighted by atomic mass is 35.5. The number of halogens is 1. The van der Waals surface area contributed by atoms with Crippen molar-refractivity contribution < 1.29 is 8.42 Å². The molecule has 1 aromatic heterocycles. The molecule has 0 fully saturated rings. The Balaban J connectivity index is 1.98. The molecule has 0 unspecified atom stereocenters. The van der Waals surface area contributed by atoms with Gasteiger partial charge in [-0.05, 0) is 49.8 Å². The quantitative estimate of drug-likeness (QED) is 0.923. The van der Waals surface area contributed by atoms with Crippen LogP contribution in [0.5, 0.6) is 0 Å². The summed E-state index contributed by atoms with van der Waals surface area (Å²) >= 11 is 6.79. The topological polar surface area (TPSA) is 59.1 Å². The van der Waals surface area contributed by atoms with Crippen LogP contribution in [0, 0.1) is 6.92 Å². The van der Waals surface area contributed by atoms with Crippen molar-refractivity contribution in [2.45, 2.75) is 36.8 Å². The minimum atomic E-state index is -3.64. The Hall–Kier alpha value is -1.11. The van der Waals surface area contributed by atoms with Gasteiger partial charge in [0.15, 0.2) is 8.68 Å². The average molecular weight is 343 g/mol. The van der Waals surface area contributed by atoms with Crippen molar-refractivity contribution in [1.82, 2.24) is 4.98 Å². The fraction of sp³-hybridized carbons (Fsp3) is 0.357. The molecule has 7 heteroatoms. The number of aryl methyl sites for hydroxylation is 2. The summed E-state index contributed by atoms with van der Waals surface area (Å²) in [5.41, 5.74) is 3.46. The molecule has 1 aliphatic carbocycles. The third-order valence-corrected chi connectivity index (χ3v) is 6.85. The van der Waals surface area contributed by atoms with E-state index < -0.39 is 10.0 Å². The predicted octanol–water partition coefficient (Wildman–Crippen LogP) is 3.78. The minimum absolute atomic E-state index is 0.181. The molecule has 0 amide bonds. The third kappa shape index (κ3) is 2.93. The van der Waals surface area contributed by atoms with Crippen molar-refractivity contribution in [1.29, 1.82) is 0 Å². The van der Waals surface area contributed by atoms with Crippen LogP contribution in [-0.2, 0) is 22.9 Å². The molecule has 21 heavy (non-hydrogen) atoms. The molecular weight excluding hydrogens is 328 g/mol. The zero-order valence-electron chi connectivity index (χ0n) is 11.5. The Labute approximate surface area is 133 Å². The largest absolute Gasteiger partial charge is 0.279 e. The highest BCUT2D eigenvalue weighted by Crippen LogP contribution is 2.32. The first-order chi connectivity index (χ1) is 9.97. The number of aromatic nitrogens is 1. The van der Waals surface area contributed by atoms with Crippen LogP contribution < -0.4 is 4.72 Å². The second-order valence-corrected chi connectivity index (χ2v) is 8.55. The number of benzene rings is 1. The number of rotatable bonds is 3. The standard InChI is InChI=1S/C14H15ClN2O2S2/c1-9-13(20-14(15)16-9)21(18,19)17-12-8-4-6-10-5-2-3-7-11(10)12/h4,6,8,17H,2-3,5,7H2,1H3. The van der Waals surface area contributed by atoms with Crippen molar-refractivity contribution >= 4 is 38.6 Å². The molecule has 0 aliphatic heterocycles. The van der Waals surface area contributed by atoms with E-state index >= 15 is 0 Å². The molecule has 0 saturated carbocycles. The first-order valence-electron chi connectivity index (χ1n) is 6.74. The van der Waals surface area contributed by atoms with E-state index in [2.05, 4.69) is 15.8 Å². The van der Waals surface area contributed by atoms with Crippen molar-refractivity contribution in [2.24, 2.45) is 0 Å². The van der Waals surface area contributed by atoms with Gasteiger partial charge in [0.05, 0.1) is 11.4 Å². The summed E-state index contributed by atoms with van der Waals surface area (Å²) in [6, 6.07) is 5.79. The van der Waals surface area contributed by atoms with Crippen LogP contribution in [0.3, 0.4) is 0 Å². The van der Waals surface area contributed by atoms with Gasteiger partial charge in [0, 0.05) is 0 Å². The summed E-state index contributed by atoms with van der Waals surface area (Å²) in [6.45, 7) is 1.65. The van der Waals surface area contributed by atoms with Crippen molar-refractivity contribution in [3.63, 3.8) is 0 Å². The highest BCUT2D eigenvalue weighted by molar-refractivity contribution is 7.94. The maximum Gasteiger partial charge on any atom is 0.273 e. The molecule has 1 N–H and O–H groups in total. The van der Waals surface area contributed by atoms with E-state index in [0.29, 0.717) is 11.4 Å². The summed E-state index contributed by atoms with van der Waals surface area (Å²) in [5, 5.41) is 0. The lowest BCUT2D eigenvalue weighted by Crippen LogP contribution is -2.16. The number of thiazole rings is 1. The van der Waals surface area contributed by atoms with Crippen LogP contribution in [0.15, 0.2) is 22.4 Å². The Morgan fingerprint density at radius 1 is 1.29 bits per heavy atom. The van der Waals surface area contributed by atoms with Crippen LogP contribution in [0.25, 0.3) is 0 Å². The fourth-order valence-electron chi connectivity index (χ4n) is 2.67. The van der Waals surface area contributed by atoms with E-state index in [4.69, 9.17) is 11.6 Å². The first kappa shape index (κ1) is 14.8. The molecule has 112 valence electrons. The lowest BCUT2D eigenvalue weighted by atomic mass is 9.91. The van der Waals surface area contributed by atoms with E-state index in [-0.39, 0.29) is 8.68 Å². The third-order valence-electron chi connectivity index (χ3n) is 3.61. The lowest BCUT2D eigenvalue weighted by molar-refractivity contribution is 0.602. The first-order valence-corrected chi connectivity index (χ1v) is 9.41. The van der Waals surface area contributed by atoms with Gasteiger partial charge in [0.1, 0.15) is 0 Å². The number of hydrogen-bond acceptors (Lipinski definition) is 4. The highest BCUT2D eigenvalue weighted by Gasteiger charge is 2.23. The molecule has 1 aliphatic rings. The van der Waals surface area contributed by atoms with Gasteiger partial charge >= 0.3 is 0 Å². The lowest BCUT2D eigenvalue weighted by Gasteiger charge is -2.19. The van der Waals surface area contributed by atoms with Gasteiger partial charge in [0.25, 0.3) is 10.0 Å². The fourth-order valence-corrected chi connectivity index (χ4v) is 5.50. The Bertz CT molecular complexity index is 784. The van der Waals surface area contributed by atoms with Gasteiger partial charge < -0.3 is 0 Å². The SMILES string of the molecule is Cc1nc(Cl)sc1S(=O)(=O)Nc1cccc2c1CCCC2. The van der Waals surface area contributed by atoms with E-state index in [0.717, 1.165) is 42.6 Å². The van der Waals surface area contributed by atoms with Crippen molar-refractivity contribution in [2.75, 3.05) is 4.72 Å². The van der Waals surface area contributed by atoms with Crippen LogP contribution in [0.4, 0.5) is 5.69 Å². The van der Waals surface area contributed by atoms with E-state index in [9.17, 15) is 8.42 Å². The van der Waals surface area contributed by atoms with Gasteiger partial charge in [0.2, 0.25) is 0 Å². The number of anilines is 1. The maximum atomic E-state index is 12.5. The molecule has 4 nitrogen and oxygen atoms in total. The normalized spacial score (nSPS) is 14.8. The molecule has 2 aromatic rings. The summed E-state index contributed by atoms with van der Waals surface area (Å²) in [7, 11) is -3.64. The van der Waals surface area contributed by atoms with E-state index in [1.165, 1.54) is 5.56 Å². The number of nitrogens with one attached hydrogen (secondary N) is 1. The molecule has 0 atom stereocenters. The van der Waals surface area contributed by atoms with E-state index in [1.54, 1.807) is 6.92 Å². The maximum absolute atomic E-state index is 12.5. The molecule has 0 spiro atoms. The molecule has 0 bridgehead atoms. The van der Waals surface area contributed by atoms with Crippen LogP contribution in [0.2, 0.25) is 4.47 Å². The monoisotopic (exact) mass is 342 g/mol. The number of fused-ring (bicyclic) bond motifs is 1. The molecular formula is C14H15ClN2O2S2. The number of hydrogen-bond donors (Lipinski definition) is 1. The Kier molecular flexibility index (Phi) is 3.94. The second kappa shape index (κ2) is 5.59. The summed E-state index contributed by atoms with van der Waals surface area (Å²) in [5.74, 6) is 0. The number of sulfonamides is 1. The molecule has 1 heterocycles. The van der Waals surface area contributed by atoms with Crippen LogP contribution in [0.1, 0.15) is 29.7 Å². The molecule has 0 saturated heterocycles. The van der Waals surface area contributed by atoms with Crippen molar-refractivity contribution in [3.8, 4) is 0 Å². The van der Waals surface area contributed by atoms with Crippen molar-refractivity contribution in [3.05, 3.63) is 39.5 Å². The number of nitrogens with zero attached hydrogens (tertiary/aromatic N) is 1. The average Bonchev–Trinajstić information content (AvgIpc) is 2.79.